The zero-order chi connectivity index (χ0) is 13.3. The zero-order valence-corrected chi connectivity index (χ0v) is 9.32. The van der Waals surface area contributed by atoms with Crippen LogP contribution in [0.2, 0.25) is 0 Å². The Kier molecular flexibility index (Phi) is 6.94. The summed E-state index contributed by atoms with van der Waals surface area (Å²) in [6, 6.07) is -1.91. The highest BCUT2D eigenvalue weighted by atomic mass is 16.4. The minimum atomic E-state index is -1.28. The van der Waals surface area contributed by atoms with Gasteiger partial charge in [0.15, 0.2) is 0 Å². The lowest BCUT2D eigenvalue weighted by molar-refractivity contribution is -0.140. The van der Waals surface area contributed by atoms with Crippen LogP contribution in [-0.2, 0) is 9.59 Å². The van der Waals surface area contributed by atoms with Crippen molar-refractivity contribution in [2.24, 2.45) is 0 Å². The van der Waals surface area contributed by atoms with Gasteiger partial charge in [0.2, 0.25) is 0 Å². The second kappa shape index (κ2) is 7.98. The van der Waals surface area contributed by atoms with Crippen LogP contribution < -0.4 is 10.6 Å². The molecule has 0 aromatic heterocycles. The maximum absolute atomic E-state index is 11.2. The standard InChI is InChI=1S/C10H14N2O5/c1-2-3-6-11-10(17)12-7(9(15)16)4-5-8(13)14/h7H,4-6H2,1H3,(H,13,14)(H,15,16)(H2,11,12,17)/t7-/m0/s1. The smallest absolute Gasteiger partial charge is 0.326 e. The van der Waals surface area contributed by atoms with Crippen molar-refractivity contribution in [2.45, 2.75) is 25.8 Å². The van der Waals surface area contributed by atoms with E-state index in [9.17, 15) is 14.4 Å². The number of rotatable bonds is 6. The van der Waals surface area contributed by atoms with Crippen LogP contribution in [0.5, 0.6) is 0 Å². The summed E-state index contributed by atoms with van der Waals surface area (Å²) < 4.78 is 0. The van der Waals surface area contributed by atoms with E-state index < -0.39 is 24.0 Å². The Hall–Kier alpha value is -2.23. The Bertz CT molecular complexity index is 355. The number of nitrogens with one attached hydrogen (secondary N) is 2. The van der Waals surface area contributed by atoms with Crippen LogP contribution in [0, 0.1) is 11.8 Å². The van der Waals surface area contributed by atoms with Gasteiger partial charge in [0.25, 0.3) is 0 Å². The SMILES string of the molecule is CC#CCNC(=O)N[C@@H](CCC(=O)O)C(=O)O. The quantitative estimate of drug-likeness (QED) is 0.474. The third-order valence-corrected chi connectivity index (χ3v) is 1.76. The van der Waals surface area contributed by atoms with Crippen molar-refractivity contribution >= 4 is 18.0 Å². The maximum atomic E-state index is 11.2. The molecule has 2 amide bonds. The second-order valence-electron chi connectivity index (χ2n) is 3.08. The van der Waals surface area contributed by atoms with Gasteiger partial charge in [-0.3, -0.25) is 4.79 Å². The van der Waals surface area contributed by atoms with Crippen LogP contribution in [0.3, 0.4) is 0 Å². The monoisotopic (exact) mass is 242 g/mol. The summed E-state index contributed by atoms with van der Waals surface area (Å²) in [5.41, 5.74) is 0. The minimum Gasteiger partial charge on any atom is -0.481 e. The number of urea groups is 1. The molecule has 0 aromatic carbocycles. The molecule has 0 unspecified atom stereocenters. The highest BCUT2D eigenvalue weighted by molar-refractivity contribution is 5.83. The van der Waals surface area contributed by atoms with Gasteiger partial charge in [0.1, 0.15) is 6.04 Å². The molecule has 0 aliphatic carbocycles. The first kappa shape index (κ1) is 14.8. The number of hydrogen-bond acceptors (Lipinski definition) is 3. The number of carboxylic acids is 2. The van der Waals surface area contributed by atoms with Gasteiger partial charge in [-0.15, -0.1) is 5.92 Å². The summed E-state index contributed by atoms with van der Waals surface area (Å²) in [5, 5.41) is 21.6. The van der Waals surface area contributed by atoms with Crippen molar-refractivity contribution in [2.75, 3.05) is 6.54 Å². The molecule has 0 bridgehead atoms. The van der Waals surface area contributed by atoms with E-state index in [0.29, 0.717) is 0 Å². The molecule has 0 spiro atoms. The third-order valence-electron chi connectivity index (χ3n) is 1.76. The van der Waals surface area contributed by atoms with Crippen molar-refractivity contribution in [3.8, 4) is 11.8 Å². The molecule has 17 heavy (non-hydrogen) atoms. The number of hydrogen-bond donors (Lipinski definition) is 4. The van der Waals surface area contributed by atoms with E-state index in [4.69, 9.17) is 10.2 Å². The van der Waals surface area contributed by atoms with Crippen LogP contribution >= 0.6 is 0 Å². The van der Waals surface area contributed by atoms with E-state index in [1.165, 1.54) is 0 Å². The van der Waals surface area contributed by atoms with Crippen LogP contribution in [0.4, 0.5) is 4.79 Å². The van der Waals surface area contributed by atoms with E-state index >= 15 is 0 Å². The molecular weight excluding hydrogens is 228 g/mol. The fourth-order valence-electron chi connectivity index (χ4n) is 0.947. The van der Waals surface area contributed by atoms with Crippen molar-refractivity contribution in [3.05, 3.63) is 0 Å². The van der Waals surface area contributed by atoms with E-state index in [1.807, 2.05) is 0 Å². The van der Waals surface area contributed by atoms with Crippen molar-refractivity contribution in [1.82, 2.24) is 10.6 Å². The van der Waals surface area contributed by atoms with Gasteiger partial charge >= 0.3 is 18.0 Å². The Balaban J connectivity index is 4.13. The number of amides is 2. The summed E-state index contributed by atoms with van der Waals surface area (Å²) in [7, 11) is 0. The van der Waals surface area contributed by atoms with Gasteiger partial charge in [0.05, 0.1) is 6.54 Å². The summed E-state index contributed by atoms with van der Waals surface area (Å²) in [5.74, 6) is 2.73. The molecule has 0 fully saturated rings. The van der Waals surface area contributed by atoms with Crippen molar-refractivity contribution < 1.29 is 24.6 Å². The average Bonchev–Trinajstić information content (AvgIpc) is 2.23. The number of carboxylic acid groups (broad SMARTS) is 2. The summed E-state index contributed by atoms with van der Waals surface area (Å²) in [4.78, 5) is 32.2. The van der Waals surface area contributed by atoms with Gasteiger partial charge in [0, 0.05) is 6.42 Å². The molecule has 94 valence electrons. The van der Waals surface area contributed by atoms with Crippen LogP contribution in [0.1, 0.15) is 19.8 Å². The maximum Gasteiger partial charge on any atom is 0.326 e. The molecule has 0 saturated heterocycles. The van der Waals surface area contributed by atoms with Crippen LogP contribution in [0.15, 0.2) is 0 Å². The number of carbonyl (C=O) groups is 3. The second-order valence-corrected chi connectivity index (χ2v) is 3.08. The van der Waals surface area contributed by atoms with Gasteiger partial charge < -0.3 is 20.8 Å². The topological polar surface area (TPSA) is 116 Å². The molecule has 7 nitrogen and oxygen atoms in total. The van der Waals surface area contributed by atoms with Gasteiger partial charge in [-0.05, 0) is 13.3 Å². The predicted molar refractivity (Wildman–Crippen MR) is 58.3 cm³/mol. The van der Waals surface area contributed by atoms with E-state index in [-0.39, 0.29) is 19.4 Å². The first-order valence-electron chi connectivity index (χ1n) is 4.86. The third kappa shape index (κ3) is 7.67. The molecule has 0 aliphatic rings. The lowest BCUT2D eigenvalue weighted by Gasteiger charge is -2.13. The fraction of sp³-hybridized carbons (Fsp3) is 0.500. The molecule has 0 rings (SSSR count). The van der Waals surface area contributed by atoms with Crippen molar-refractivity contribution in [1.29, 1.82) is 0 Å². The van der Waals surface area contributed by atoms with Gasteiger partial charge in [-0.25, -0.2) is 9.59 Å². The van der Waals surface area contributed by atoms with E-state index in [0.717, 1.165) is 0 Å². The Labute approximate surface area is 98.2 Å². The van der Waals surface area contributed by atoms with Crippen LogP contribution in [0.25, 0.3) is 0 Å². The highest BCUT2D eigenvalue weighted by Crippen LogP contribution is 1.97. The summed E-state index contributed by atoms with van der Waals surface area (Å²) in [6.45, 7) is 1.71. The average molecular weight is 242 g/mol. The molecule has 7 heteroatoms. The molecule has 0 aromatic rings. The largest absolute Gasteiger partial charge is 0.481 e. The Morgan fingerprint density at radius 2 is 1.94 bits per heavy atom. The fourth-order valence-corrected chi connectivity index (χ4v) is 0.947. The normalized spacial score (nSPS) is 10.6. The lowest BCUT2D eigenvalue weighted by Crippen LogP contribution is -2.46. The Morgan fingerprint density at radius 3 is 2.41 bits per heavy atom. The molecule has 1 atom stereocenters. The van der Waals surface area contributed by atoms with Gasteiger partial charge in [-0.2, -0.15) is 0 Å². The summed E-state index contributed by atoms with van der Waals surface area (Å²) >= 11 is 0. The number of carbonyl (C=O) groups excluding carboxylic acids is 1. The first-order chi connectivity index (χ1) is 7.97. The zero-order valence-electron chi connectivity index (χ0n) is 9.32. The lowest BCUT2D eigenvalue weighted by atomic mass is 10.1. The predicted octanol–water partition coefficient (Wildman–Crippen LogP) is -0.373. The number of aliphatic carboxylic acids is 2. The summed E-state index contributed by atoms with van der Waals surface area (Å²) in [6.07, 6.45) is -0.496. The molecule has 0 radical (unpaired) electrons. The molecular formula is C10H14N2O5. The Morgan fingerprint density at radius 1 is 1.29 bits per heavy atom. The molecule has 0 saturated carbocycles. The molecule has 4 N–H and O–H groups in total. The van der Waals surface area contributed by atoms with E-state index in [1.54, 1.807) is 6.92 Å². The highest BCUT2D eigenvalue weighted by Gasteiger charge is 2.20. The molecule has 0 aliphatic heterocycles. The van der Waals surface area contributed by atoms with Crippen molar-refractivity contribution in [3.63, 3.8) is 0 Å². The van der Waals surface area contributed by atoms with Gasteiger partial charge in [-0.1, -0.05) is 5.92 Å². The van der Waals surface area contributed by atoms with E-state index in [2.05, 4.69) is 22.5 Å². The first-order valence-corrected chi connectivity index (χ1v) is 4.86. The van der Waals surface area contributed by atoms with Crippen LogP contribution in [-0.4, -0.2) is 40.8 Å². The minimum absolute atomic E-state index is 0.105. The molecule has 0 heterocycles.